The molecule has 0 spiro atoms. The van der Waals surface area contributed by atoms with Gasteiger partial charge in [0.25, 0.3) is 5.56 Å². The van der Waals surface area contributed by atoms with Gasteiger partial charge in [-0.3, -0.25) is 29.2 Å². The fourth-order valence-electron chi connectivity index (χ4n) is 5.34. The molecule has 0 radical (unpaired) electrons. The average molecular weight is 490 g/mol. The van der Waals surface area contributed by atoms with Crippen LogP contribution in [-0.2, 0) is 9.59 Å². The predicted molar refractivity (Wildman–Crippen MR) is 136 cm³/mol. The molecule has 5 atom stereocenters. The molecule has 0 aliphatic carbocycles. The van der Waals surface area contributed by atoms with Crippen molar-refractivity contribution >= 4 is 28.4 Å². The van der Waals surface area contributed by atoms with Gasteiger partial charge in [0.2, 0.25) is 11.8 Å². The summed E-state index contributed by atoms with van der Waals surface area (Å²) < 4.78 is 1.41. The van der Waals surface area contributed by atoms with Crippen LogP contribution in [-0.4, -0.2) is 44.3 Å². The fraction of sp³-hybridized carbons (Fsp3) is 0.407. The van der Waals surface area contributed by atoms with Crippen molar-refractivity contribution in [3.63, 3.8) is 0 Å². The summed E-state index contributed by atoms with van der Waals surface area (Å²) in [4.78, 5) is 46.4. The van der Waals surface area contributed by atoms with E-state index in [1.165, 1.54) is 4.57 Å². The molecular formula is C27H31N5O4. The first-order chi connectivity index (χ1) is 17.1. The second-order valence-electron chi connectivity index (χ2n) is 10.3. The number of aromatic nitrogens is 2. The van der Waals surface area contributed by atoms with Gasteiger partial charge in [0, 0.05) is 12.1 Å². The first-order valence-electron chi connectivity index (χ1n) is 12.3. The van der Waals surface area contributed by atoms with Crippen LogP contribution in [0.1, 0.15) is 52.0 Å². The average Bonchev–Trinajstić information content (AvgIpc) is 3.21. The molecule has 1 fully saturated rings. The van der Waals surface area contributed by atoms with Crippen LogP contribution in [0.15, 0.2) is 59.4 Å². The highest BCUT2D eigenvalue weighted by molar-refractivity contribution is 6.00. The molecule has 1 saturated heterocycles. The third-order valence-corrected chi connectivity index (χ3v) is 7.19. The molecule has 3 aromatic rings. The van der Waals surface area contributed by atoms with Crippen LogP contribution in [0.5, 0.6) is 0 Å². The summed E-state index contributed by atoms with van der Waals surface area (Å²) in [5, 5.41) is 18.5. The van der Waals surface area contributed by atoms with Crippen molar-refractivity contribution in [2.24, 2.45) is 5.92 Å². The summed E-state index contributed by atoms with van der Waals surface area (Å²) in [5.41, 5.74) is -0.690. The topological polar surface area (TPSA) is 117 Å². The molecule has 9 nitrogen and oxygen atoms in total. The molecule has 5 rings (SSSR count). The van der Waals surface area contributed by atoms with Gasteiger partial charge < -0.3 is 10.4 Å². The number of benzene rings is 2. The van der Waals surface area contributed by atoms with E-state index < -0.39 is 29.9 Å². The Hall–Kier alpha value is -3.56. The lowest BCUT2D eigenvalue weighted by molar-refractivity contribution is -0.129. The minimum Gasteiger partial charge on any atom is -0.386 e. The van der Waals surface area contributed by atoms with E-state index >= 15 is 0 Å². The zero-order valence-electron chi connectivity index (χ0n) is 20.8. The van der Waals surface area contributed by atoms with Crippen molar-refractivity contribution in [2.75, 3.05) is 4.90 Å². The highest BCUT2D eigenvalue weighted by Crippen LogP contribution is 2.35. The highest BCUT2D eigenvalue weighted by atomic mass is 16.3. The summed E-state index contributed by atoms with van der Waals surface area (Å²) in [6.07, 6.45) is -0.906. The lowest BCUT2D eigenvalue weighted by Gasteiger charge is -2.40. The number of anilines is 1. The maximum atomic E-state index is 13.5. The van der Waals surface area contributed by atoms with Crippen molar-refractivity contribution in [1.29, 1.82) is 0 Å². The maximum absolute atomic E-state index is 13.5. The molecule has 1 aromatic heterocycles. The van der Waals surface area contributed by atoms with E-state index in [0.29, 0.717) is 22.4 Å². The SMILES string of the molecule is CC(C)[C@@H]1N[C@@H](C(C)(O)C[C@@H]2C(=O)N[C@H](C)c3nc4ccccc4c(=O)n32)N(c2ccccc2)C1=O. The normalized spacial score (nSPS) is 25.7. The van der Waals surface area contributed by atoms with Crippen molar-refractivity contribution < 1.29 is 14.7 Å². The van der Waals surface area contributed by atoms with Gasteiger partial charge in [0.15, 0.2) is 0 Å². The molecule has 36 heavy (non-hydrogen) atoms. The molecular weight excluding hydrogens is 458 g/mol. The van der Waals surface area contributed by atoms with Crippen LogP contribution in [0.3, 0.4) is 0 Å². The minimum absolute atomic E-state index is 0.0118. The molecule has 2 amide bonds. The van der Waals surface area contributed by atoms with Gasteiger partial charge in [0.05, 0.1) is 28.6 Å². The lowest BCUT2D eigenvalue weighted by atomic mass is 9.90. The van der Waals surface area contributed by atoms with Crippen molar-refractivity contribution in [3.05, 3.63) is 70.8 Å². The molecule has 3 N–H and O–H groups in total. The molecule has 188 valence electrons. The lowest BCUT2D eigenvalue weighted by Crippen LogP contribution is -2.58. The molecule has 9 heteroatoms. The summed E-state index contributed by atoms with van der Waals surface area (Å²) in [6.45, 7) is 7.26. The number of nitrogens with zero attached hydrogens (tertiary/aromatic N) is 3. The van der Waals surface area contributed by atoms with E-state index in [2.05, 4.69) is 15.6 Å². The Morgan fingerprint density at radius 1 is 1.06 bits per heavy atom. The van der Waals surface area contributed by atoms with E-state index in [0.717, 1.165) is 0 Å². The number of carbonyl (C=O) groups excluding carboxylic acids is 2. The minimum atomic E-state index is -1.57. The molecule has 2 aliphatic rings. The van der Waals surface area contributed by atoms with Crippen LogP contribution in [0.4, 0.5) is 5.69 Å². The number of aliphatic hydroxyl groups is 1. The largest absolute Gasteiger partial charge is 0.386 e. The first-order valence-corrected chi connectivity index (χ1v) is 12.3. The Balaban J connectivity index is 1.57. The van der Waals surface area contributed by atoms with Gasteiger partial charge in [-0.25, -0.2) is 4.98 Å². The van der Waals surface area contributed by atoms with E-state index in [4.69, 9.17) is 0 Å². The van der Waals surface area contributed by atoms with Gasteiger partial charge in [-0.2, -0.15) is 0 Å². The van der Waals surface area contributed by atoms with Crippen LogP contribution >= 0.6 is 0 Å². The van der Waals surface area contributed by atoms with Crippen LogP contribution in [0.2, 0.25) is 0 Å². The summed E-state index contributed by atoms with van der Waals surface area (Å²) in [7, 11) is 0. The van der Waals surface area contributed by atoms with Crippen LogP contribution < -0.4 is 21.1 Å². The molecule has 1 unspecified atom stereocenters. The quantitative estimate of drug-likeness (QED) is 0.506. The van der Waals surface area contributed by atoms with E-state index in [9.17, 15) is 19.5 Å². The van der Waals surface area contributed by atoms with Gasteiger partial charge in [-0.1, -0.05) is 44.2 Å². The molecule has 0 bridgehead atoms. The summed E-state index contributed by atoms with van der Waals surface area (Å²) in [5.74, 6) is -0.0874. The van der Waals surface area contributed by atoms with E-state index in [1.54, 1.807) is 36.9 Å². The first kappa shape index (κ1) is 24.1. The van der Waals surface area contributed by atoms with Crippen molar-refractivity contribution in [1.82, 2.24) is 20.2 Å². The Bertz CT molecular complexity index is 1380. The standard InChI is InChI=1S/C27H31N5O4/c1-15(2)21-25(35)31(17-10-6-5-7-11-17)26(30-21)27(4,36)14-20-23(33)28-16(3)22-29-19-13-9-8-12-18(19)24(34)32(20)22/h5-13,15-16,20-21,26,30,36H,14H2,1-4H3,(H,28,33)/t16-,20-,21+,26-,27?/m1/s1. The molecule has 2 aliphatic heterocycles. The van der Waals surface area contributed by atoms with Gasteiger partial charge in [0.1, 0.15) is 18.0 Å². The number of carbonyl (C=O) groups is 2. The number of hydrogen-bond donors (Lipinski definition) is 3. The molecule has 0 saturated carbocycles. The fourth-order valence-corrected chi connectivity index (χ4v) is 5.34. The third kappa shape index (κ3) is 3.88. The van der Waals surface area contributed by atoms with Crippen molar-refractivity contribution in [2.45, 2.75) is 64.0 Å². The van der Waals surface area contributed by atoms with Crippen molar-refractivity contribution in [3.8, 4) is 0 Å². The number of amides is 2. The number of hydrogen-bond acceptors (Lipinski definition) is 6. The van der Waals surface area contributed by atoms with Gasteiger partial charge in [-0.05, 0) is 44.0 Å². The molecule has 3 heterocycles. The number of para-hydroxylation sites is 2. The third-order valence-electron chi connectivity index (χ3n) is 7.19. The second kappa shape index (κ2) is 8.83. The van der Waals surface area contributed by atoms with Gasteiger partial charge in [-0.15, -0.1) is 0 Å². The van der Waals surface area contributed by atoms with Crippen LogP contribution in [0, 0.1) is 5.92 Å². The smallest absolute Gasteiger partial charge is 0.262 e. The zero-order chi connectivity index (χ0) is 25.8. The second-order valence-corrected chi connectivity index (χ2v) is 10.3. The Morgan fingerprint density at radius 3 is 2.42 bits per heavy atom. The zero-order valence-corrected chi connectivity index (χ0v) is 20.8. The highest BCUT2D eigenvalue weighted by Gasteiger charge is 2.51. The molecule has 2 aromatic carbocycles. The van der Waals surface area contributed by atoms with E-state index in [-0.39, 0.29) is 29.7 Å². The Kier molecular flexibility index (Phi) is 5.92. The van der Waals surface area contributed by atoms with E-state index in [1.807, 2.05) is 50.2 Å². The number of nitrogens with one attached hydrogen (secondary N) is 2. The van der Waals surface area contributed by atoms with Gasteiger partial charge >= 0.3 is 0 Å². The Morgan fingerprint density at radius 2 is 1.72 bits per heavy atom. The predicted octanol–water partition coefficient (Wildman–Crippen LogP) is 2.26. The number of fused-ring (bicyclic) bond motifs is 2. The summed E-state index contributed by atoms with van der Waals surface area (Å²) >= 11 is 0. The monoisotopic (exact) mass is 489 g/mol. The number of rotatable bonds is 5. The Labute approximate surface area is 209 Å². The van der Waals surface area contributed by atoms with Crippen LogP contribution in [0.25, 0.3) is 10.9 Å². The maximum Gasteiger partial charge on any atom is 0.262 e. The summed E-state index contributed by atoms with van der Waals surface area (Å²) in [6, 6.07) is 14.2.